The highest BCUT2D eigenvalue weighted by atomic mass is 19.4. The minimum absolute atomic E-state index is 0.0945. The fraction of sp³-hybridized carbons (Fsp3) is 0.154. The third kappa shape index (κ3) is 3.91. The third-order valence-electron chi connectivity index (χ3n) is 2.62. The number of aromatic nitrogens is 2. The van der Waals surface area contributed by atoms with E-state index < -0.39 is 18.0 Å². The van der Waals surface area contributed by atoms with Crippen LogP contribution in [0.3, 0.4) is 0 Å². The van der Waals surface area contributed by atoms with Crippen molar-refractivity contribution in [3.05, 3.63) is 47.7 Å². The summed E-state index contributed by atoms with van der Waals surface area (Å²) in [5, 5.41) is 17.4. The van der Waals surface area contributed by atoms with Crippen LogP contribution in [0.25, 0.3) is 11.3 Å². The Hall–Kier alpha value is -2.64. The second kappa shape index (κ2) is 5.78. The van der Waals surface area contributed by atoms with E-state index >= 15 is 0 Å². The number of carbonyl (C=O) groups is 1. The maximum atomic E-state index is 12.4. The molecule has 1 amide bonds. The van der Waals surface area contributed by atoms with Crippen LogP contribution in [0.1, 0.15) is 11.3 Å². The molecule has 5 nitrogen and oxygen atoms in total. The molecule has 0 fully saturated rings. The molecule has 0 atom stereocenters. The van der Waals surface area contributed by atoms with Gasteiger partial charge in [-0.15, -0.1) is 10.2 Å². The fourth-order valence-electron chi connectivity index (χ4n) is 1.66. The summed E-state index contributed by atoms with van der Waals surface area (Å²) < 4.78 is 37.2. The lowest BCUT2D eigenvalue weighted by atomic mass is 10.1. The number of hydrogen-bond acceptors (Lipinski definition) is 3. The molecule has 0 spiro atoms. The van der Waals surface area contributed by atoms with Gasteiger partial charge in [-0.1, -0.05) is 18.2 Å². The van der Waals surface area contributed by atoms with E-state index in [9.17, 15) is 18.0 Å². The van der Waals surface area contributed by atoms with Crippen molar-refractivity contribution in [1.82, 2.24) is 15.5 Å². The average molecular weight is 297 g/mol. The van der Waals surface area contributed by atoms with Crippen LogP contribution >= 0.6 is 0 Å². The summed E-state index contributed by atoms with van der Waals surface area (Å²) in [6.07, 6.45) is -5.69. The molecule has 1 heterocycles. The first-order chi connectivity index (χ1) is 9.86. The molecule has 0 saturated carbocycles. The number of benzene rings is 1. The number of nitrogens with zero attached hydrogens (tertiary/aromatic N) is 2. The number of hydrogen-bond donors (Lipinski definition) is 2. The van der Waals surface area contributed by atoms with Crippen molar-refractivity contribution in [1.29, 1.82) is 0 Å². The van der Waals surface area contributed by atoms with Gasteiger partial charge in [0.25, 0.3) is 0 Å². The standard InChI is InChI=1S/C13H10F3N3O2/c14-13(15,16)11-5-4-10(18-19-11)9-3-1-2-8(6-9)7-17-12(20)21/h1-6,17H,7H2,(H,20,21). The first-order valence-electron chi connectivity index (χ1n) is 5.83. The Morgan fingerprint density at radius 1 is 1.19 bits per heavy atom. The summed E-state index contributed by atoms with van der Waals surface area (Å²) in [7, 11) is 0. The molecular formula is C13H10F3N3O2. The Kier molecular flexibility index (Phi) is 4.06. The summed E-state index contributed by atoms with van der Waals surface area (Å²) in [4.78, 5) is 10.4. The van der Waals surface area contributed by atoms with Gasteiger partial charge in [0.05, 0.1) is 5.69 Å². The van der Waals surface area contributed by atoms with Gasteiger partial charge in [0.2, 0.25) is 0 Å². The van der Waals surface area contributed by atoms with E-state index in [-0.39, 0.29) is 12.2 Å². The lowest BCUT2D eigenvalue weighted by Gasteiger charge is -2.07. The quantitative estimate of drug-likeness (QED) is 0.913. The Labute approximate surface area is 117 Å². The first-order valence-corrected chi connectivity index (χ1v) is 5.83. The Balaban J connectivity index is 2.22. The lowest BCUT2D eigenvalue weighted by molar-refractivity contribution is -0.141. The molecule has 0 bridgehead atoms. The molecule has 0 saturated heterocycles. The predicted octanol–water partition coefficient (Wildman–Crippen LogP) is 2.93. The molecular weight excluding hydrogens is 287 g/mol. The highest BCUT2D eigenvalue weighted by Crippen LogP contribution is 2.28. The average Bonchev–Trinajstić information content (AvgIpc) is 2.45. The van der Waals surface area contributed by atoms with Crippen LogP contribution in [0, 0.1) is 0 Å². The molecule has 110 valence electrons. The van der Waals surface area contributed by atoms with Crippen LogP contribution in [-0.4, -0.2) is 21.4 Å². The van der Waals surface area contributed by atoms with Gasteiger partial charge in [-0.3, -0.25) is 0 Å². The van der Waals surface area contributed by atoms with Crippen molar-refractivity contribution >= 4 is 6.09 Å². The highest BCUT2D eigenvalue weighted by molar-refractivity contribution is 5.65. The molecule has 8 heteroatoms. The number of carboxylic acid groups (broad SMARTS) is 1. The summed E-state index contributed by atoms with van der Waals surface area (Å²) in [6.45, 7) is 0.0945. The van der Waals surface area contributed by atoms with Gasteiger partial charge in [-0.25, -0.2) is 4.79 Å². The van der Waals surface area contributed by atoms with Crippen molar-refractivity contribution in [2.45, 2.75) is 12.7 Å². The number of halogens is 3. The van der Waals surface area contributed by atoms with Crippen LogP contribution in [0.2, 0.25) is 0 Å². The lowest BCUT2D eigenvalue weighted by Crippen LogP contribution is -2.19. The van der Waals surface area contributed by atoms with Gasteiger partial charge in [0, 0.05) is 12.1 Å². The summed E-state index contributed by atoms with van der Waals surface area (Å²) >= 11 is 0. The Bertz CT molecular complexity index is 642. The molecule has 0 aliphatic carbocycles. The van der Waals surface area contributed by atoms with Gasteiger partial charge in [0.1, 0.15) is 0 Å². The predicted molar refractivity (Wildman–Crippen MR) is 67.3 cm³/mol. The summed E-state index contributed by atoms with van der Waals surface area (Å²) in [5.41, 5.74) is 0.438. The fourth-order valence-corrected chi connectivity index (χ4v) is 1.66. The smallest absolute Gasteiger partial charge is 0.435 e. The van der Waals surface area contributed by atoms with E-state index in [0.29, 0.717) is 11.1 Å². The third-order valence-corrected chi connectivity index (χ3v) is 2.62. The number of nitrogens with one attached hydrogen (secondary N) is 1. The van der Waals surface area contributed by atoms with Crippen LogP contribution in [0.4, 0.5) is 18.0 Å². The first kappa shape index (κ1) is 14.8. The van der Waals surface area contributed by atoms with E-state index in [1.807, 2.05) is 0 Å². The van der Waals surface area contributed by atoms with Crippen molar-refractivity contribution in [3.8, 4) is 11.3 Å². The molecule has 2 aromatic rings. The number of amides is 1. The topological polar surface area (TPSA) is 75.1 Å². The second-order valence-electron chi connectivity index (χ2n) is 4.16. The van der Waals surface area contributed by atoms with Crippen molar-refractivity contribution < 1.29 is 23.1 Å². The maximum absolute atomic E-state index is 12.4. The minimum Gasteiger partial charge on any atom is -0.465 e. The molecule has 0 unspecified atom stereocenters. The highest BCUT2D eigenvalue weighted by Gasteiger charge is 2.32. The molecule has 0 radical (unpaired) electrons. The van der Waals surface area contributed by atoms with Crippen LogP contribution < -0.4 is 5.32 Å². The van der Waals surface area contributed by atoms with Gasteiger partial charge in [-0.2, -0.15) is 13.2 Å². The van der Waals surface area contributed by atoms with E-state index in [4.69, 9.17) is 5.11 Å². The maximum Gasteiger partial charge on any atom is 0.435 e. The zero-order chi connectivity index (χ0) is 15.5. The molecule has 2 N–H and O–H groups in total. The number of alkyl halides is 3. The zero-order valence-corrected chi connectivity index (χ0v) is 10.6. The normalized spacial score (nSPS) is 11.2. The van der Waals surface area contributed by atoms with E-state index in [1.54, 1.807) is 24.3 Å². The van der Waals surface area contributed by atoms with Gasteiger partial charge < -0.3 is 10.4 Å². The Morgan fingerprint density at radius 3 is 2.52 bits per heavy atom. The summed E-state index contributed by atoms with van der Waals surface area (Å²) in [5.74, 6) is 0. The molecule has 0 aliphatic rings. The Morgan fingerprint density at radius 2 is 1.95 bits per heavy atom. The van der Waals surface area contributed by atoms with Crippen LogP contribution in [-0.2, 0) is 12.7 Å². The van der Waals surface area contributed by atoms with Crippen LogP contribution in [0.15, 0.2) is 36.4 Å². The van der Waals surface area contributed by atoms with E-state index in [1.165, 1.54) is 6.07 Å². The number of rotatable bonds is 3. The SMILES string of the molecule is O=C(O)NCc1cccc(-c2ccc(C(F)(F)F)nn2)c1. The van der Waals surface area contributed by atoms with Gasteiger partial charge in [-0.05, 0) is 23.8 Å². The molecule has 0 aliphatic heterocycles. The molecule has 1 aromatic heterocycles. The second-order valence-corrected chi connectivity index (χ2v) is 4.16. The zero-order valence-electron chi connectivity index (χ0n) is 10.6. The molecule has 2 rings (SSSR count). The minimum atomic E-state index is -4.53. The van der Waals surface area contributed by atoms with Crippen LogP contribution in [0.5, 0.6) is 0 Å². The van der Waals surface area contributed by atoms with Crippen molar-refractivity contribution in [2.24, 2.45) is 0 Å². The van der Waals surface area contributed by atoms with Gasteiger partial charge >= 0.3 is 12.3 Å². The largest absolute Gasteiger partial charge is 0.465 e. The molecule has 21 heavy (non-hydrogen) atoms. The van der Waals surface area contributed by atoms with E-state index in [2.05, 4.69) is 15.5 Å². The van der Waals surface area contributed by atoms with E-state index in [0.717, 1.165) is 6.07 Å². The van der Waals surface area contributed by atoms with Gasteiger partial charge in [0.15, 0.2) is 5.69 Å². The summed E-state index contributed by atoms with van der Waals surface area (Å²) in [6, 6.07) is 8.71. The van der Waals surface area contributed by atoms with Crippen molar-refractivity contribution in [3.63, 3.8) is 0 Å². The molecule has 1 aromatic carbocycles. The van der Waals surface area contributed by atoms with Crippen molar-refractivity contribution in [2.75, 3.05) is 0 Å². The monoisotopic (exact) mass is 297 g/mol.